The van der Waals surface area contributed by atoms with Gasteiger partial charge in [0, 0.05) is 44.7 Å². The van der Waals surface area contributed by atoms with E-state index in [1.807, 2.05) is 24.3 Å². The van der Waals surface area contributed by atoms with Crippen LogP contribution in [0.25, 0.3) is 11.1 Å². The number of methoxy groups -OCH3 is 2. The molecular formula is C34H42FNO3. The third-order valence-electron chi connectivity index (χ3n) is 8.78. The highest BCUT2D eigenvalue weighted by molar-refractivity contribution is 5.71. The first kappa shape index (κ1) is 27.7. The summed E-state index contributed by atoms with van der Waals surface area (Å²) in [5.74, 6) is 1.69. The largest absolute Gasteiger partial charge is 0.507 e. The van der Waals surface area contributed by atoms with Crippen molar-refractivity contribution in [1.82, 2.24) is 0 Å². The number of rotatable bonds is 8. The van der Waals surface area contributed by atoms with Crippen molar-refractivity contribution in [3.05, 3.63) is 83.2 Å². The molecule has 1 aliphatic carbocycles. The molecule has 0 radical (unpaired) electrons. The Hall–Kier alpha value is -2.89. The first-order valence-corrected chi connectivity index (χ1v) is 14.4. The number of aryl methyl sites for hydroxylation is 1. The van der Waals surface area contributed by atoms with Crippen molar-refractivity contribution in [2.45, 2.75) is 58.2 Å². The maximum absolute atomic E-state index is 15.8. The number of benzene rings is 3. The van der Waals surface area contributed by atoms with Crippen LogP contribution in [0, 0.1) is 23.6 Å². The molecule has 0 spiro atoms. The molecule has 5 heteroatoms. The van der Waals surface area contributed by atoms with Gasteiger partial charge in [-0.1, -0.05) is 56.3 Å². The van der Waals surface area contributed by atoms with E-state index >= 15 is 4.39 Å². The third kappa shape index (κ3) is 5.85. The molecule has 1 aliphatic heterocycles. The molecule has 2 aliphatic rings. The van der Waals surface area contributed by atoms with Crippen LogP contribution in [-0.4, -0.2) is 38.7 Å². The van der Waals surface area contributed by atoms with E-state index in [9.17, 15) is 5.11 Å². The number of piperidine rings is 1. The van der Waals surface area contributed by atoms with Crippen LogP contribution in [0.2, 0.25) is 0 Å². The summed E-state index contributed by atoms with van der Waals surface area (Å²) in [5, 5.41) is 10.4. The summed E-state index contributed by atoms with van der Waals surface area (Å²) in [7, 11) is 3.36. The van der Waals surface area contributed by atoms with Crippen LogP contribution in [0.15, 0.2) is 60.7 Å². The Morgan fingerprint density at radius 1 is 0.949 bits per heavy atom. The van der Waals surface area contributed by atoms with E-state index in [1.165, 1.54) is 11.1 Å². The number of phenols is 1. The molecule has 1 fully saturated rings. The number of para-hydroxylation sites is 1. The molecule has 39 heavy (non-hydrogen) atoms. The van der Waals surface area contributed by atoms with E-state index in [0.29, 0.717) is 29.2 Å². The zero-order valence-electron chi connectivity index (χ0n) is 23.7. The summed E-state index contributed by atoms with van der Waals surface area (Å²) in [6.45, 7) is 6.14. The smallest absolute Gasteiger partial charge is 0.159 e. The van der Waals surface area contributed by atoms with Gasteiger partial charge in [0.25, 0.3) is 0 Å². The van der Waals surface area contributed by atoms with Crippen LogP contribution in [0.3, 0.4) is 0 Å². The summed E-state index contributed by atoms with van der Waals surface area (Å²) < 4.78 is 26.7. The number of hydrogen-bond acceptors (Lipinski definition) is 4. The predicted octanol–water partition coefficient (Wildman–Crippen LogP) is 7.77. The standard InChI is InChI=1S/C34H42FNO3/c1-22(2)19-26-10-9-25-20-24(28-7-5-6-8-32(28)37)11-13-29(25)33(26)27-12-14-31(30(35)21-27)36-17-15-23(16-18-36)34(38-3)39-4/h5-8,11-14,20-23,26,33-34,37H,9-10,15-19H2,1-4H3/t26-,33-/m1/s1. The number of aromatic hydroxyl groups is 1. The molecule has 3 aromatic rings. The molecule has 208 valence electrons. The van der Waals surface area contributed by atoms with E-state index in [0.717, 1.165) is 61.9 Å². The minimum atomic E-state index is -0.199. The van der Waals surface area contributed by atoms with Crippen LogP contribution >= 0.6 is 0 Å². The average molecular weight is 532 g/mol. The van der Waals surface area contributed by atoms with E-state index in [-0.39, 0.29) is 18.0 Å². The highest BCUT2D eigenvalue weighted by Crippen LogP contribution is 2.46. The van der Waals surface area contributed by atoms with E-state index in [4.69, 9.17) is 9.47 Å². The average Bonchev–Trinajstić information content (AvgIpc) is 2.94. The van der Waals surface area contributed by atoms with E-state index in [2.05, 4.69) is 43.0 Å². The predicted molar refractivity (Wildman–Crippen MR) is 156 cm³/mol. The molecule has 0 unspecified atom stereocenters. The summed E-state index contributed by atoms with van der Waals surface area (Å²) in [4.78, 5) is 2.16. The lowest BCUT2D eigenvalue weighted by Gasteiger charge is -2.37. The molecule has 0 amide bonds. The lowest BCUT2D eigenvalue weighted by Crippen LogP contribution is -2.39. The fourth-order valence-electron chi connectivity index (χ4n) is 6.95. The Labute approximate surface area is 232 Å². The van der Waals surface area contributed by atoms with Gasteiger partial charge in [-0.3, -0.25) is 0 Å². The van der Waals surface area contributed by atoms with Gasteiger partial charge in [-0.15, -0.1) is 0 Å². The Kier molecular flexibility index (Phi) is 8.58. The maximum atomic E-state index is 15.8. The number of halogens is 1. The Morgan fingerprint density at radius 3 is 2.36 bits per heavy atom. The van der Waals surface area contributed by atoms with E-state index < -0.39 is 0 Å². The van der Waals surface area contributed by atoms with Crippen LogP contribution in [-0.2, 0) is 15.9 Å². The highest BCUT2D eigenvalue weighted by atomic mass is 19.1. The normalized spacial score (nSPS) is 20.0. The van der Waals surface area contributed by atoms with Crippen molar-refractivity contribution in [3.8, 4) is 16.9 Å². The Balaban J connectivity index is 1.43. The van der Waals surface area contributed by atoms with E-state index in [1.54, 1.807) is 26.4 Å². The van der Waals surface area contributed by atoms with Gasteiger partial charge < -0.3 is 19.5 Å². The second-order valence-corrected chi connectivity index (χ2v) is 11.7. The molecule has 0 saturated carbocycles. The fraction of sp³-hybridized carbons (Fsp3) is 0.471. The number of hydrogen-bond donors (Lipinski definition) is 1. The summed E-state index contributed by atoms with van der Waals surface area (Å²) in [6.07, 6.45) is 4.83. The molecule has 4 nitrogen and oxygen atoms in total. The molecular weight excluding hydrogens is 489 g/mol. The van der Waals surface area contributed by atoms with Gasteiger partial charge in [0.15, 0.2) is 6.29 Å². The number of ether oxygens (including phenoxy) is 2. The molecule has 1 saturated heterocycles. The number of fused-ring (bicyclic) bond motifs is 1. The Bertz CT molecular complexity index is 1260. The van der Waals surface area contributed by atoms with Crippen molar-refractivity contribution in [3.63, 3.8) is 0 Å². The minimum Gasteiger partial charge on any atom is -0.507 e. The second kappa shape index (κ2) is 12.1. The number of nitrogens with zero attached hydrogens (tertiary/aromatic N) is 1. The number of phenolic OH excluding ortho intramolecular Hbond substituents is 1. The molecule has 1 N–H and O–H groups in total. The second-order valence-electron chi connectivity index (χ2n) is 11.7. The monoisotopic (exact) mass is 531 g/mol. The summed E-state index contributed by atoms with van der Waals surface area (Å²) in [5.41, 5.74) is 6.23. The molecule has 0 aromatic heterocycles. The highest BCUT2D eigenvalue weighted by Gasteiger charge is 2.33. The number of anilines is 1. The molecule has 3 aromatic carbocycles. The van der Waals surface area contributed by atoms with Gasteiger partial charge in [0.2, 0.25) is 0 Å². The van der Waals surface area contributed by atoms with Crippen LogP contribution in [0.5, 0.6) is 5.75 Å². The lowest BCUT2D eigenvalue weighted by atomic mass is 9.69. The fourth-order valence-corrected chi connectivity index (χ4v) is 6.95. The quantitative estimate of drug-likeness (QED) is 0.302. The summed E-state index contributed by atoms with van der Waals surface area (Å²) >= 11 is 0. The zero-order chi connectivity index (χ0) is 27.5. The van der Waals surface area contributed by atoms with Gasteiger partial charge >= 0.3 is 0 Å². The lowest BCUT2D eigenvalue weighted by molar-refractivity contribution is -0.141. The van der Waals surface area contributed by atoms with Crippen molar-refractivity contribution in [2.75, 3.05) is 32.2 Å². The summed E-state index contributed by atoms with van der Waals surface area (Å²) in [6, 6.07) is 20.0. The SMILES string of the molecule is COC(OC)C1CCN(c2ccc([C@@H]3c4ccc(-c5ccccc5O)cc4CC[C@@H]3CC(C)C)cc2F)CC1. The first-order chi connectivity index (χ1) is 18.9. The van der Waals surface area contributed by atoms with Crippen LogP contribution < -0.4 is 4.90 Å². The minimum absolute atomic E-state index is 0.137. The topological polar surface area (TPSA) is 41.9 Å². The van der Waals surface area contributed by atoms with Gasteiger partial charge in [-0.25, -0.2) is 4.39 Å². The van der Waals surface area contributed by atoms with Crippen molar-refractivity contribution < 1.29 is 19.0 Å². The maximum Gasteiger partial charge on any atom is 0.159 e. The molecule has 0 bridgehead atoms. The van der Waals surface area contributed by atoms with Gasteiger partial charge in [-0.05, 0) is 84.4 Å². The molecule has 5 rings (SSSR count). The zero-order valence-corrected chi connectivity index (χ0v) is 23.7. The van der Waals surface area contributed by atoms with Crippen molar-refractivity contribution in [2.24, 2.45) is 17.8 Å². The van der Waals surface area contributed by atoms with Gasteiger partial charge in [-0.2, -0.15) is 0 Å². The van der Waals surface area contributed by atoms with Crippen molar-refractivity contribution >= 4 is 5.69 Å². The van der Waals surface area contributed by atoms with Crippen LogP contribution in [0.4, 0.5) is 10.1 Å². The van der Waals surface area contributed by atoms with Gasteiger partial charge in [0.1, 0.15) is 11.6 Å². The first-order valence-electron chi connectivity index (χ1n) is 14.4. The molecule has 2 atom stereocenters. The van der Waals surface area contributed by atoms with Gasteiger partial charge in [0.05, 0.1) is 5.69 Å². The third-order valence-corrected chi connectivity index (χ3v) is 8.78. The molecule has 1 heterocycles. The Morgan fingerprint density at radius 2 is 1.69 bits per heavy atom. The van der Waals surface area contributed by atoms with Crippen molar-refractivity contribution in [1.29, 1.82) is 0 Å². The van der Waals surface area contributed by atoms with Crippen LogP contribution in [0.1, 0.15) is 62.1 Å².